The molecule has 2 aliphatic carbocycles. The number of nitrogens with one attached hydrogen (secondary N) is 1. The summed E-state index contributed by atoms with van der Waals surface area (Å²) in [5, 5.41) is 40.8. The highest BCUT2D eigenvalue weighted by Gasteiger charge is 2.45. The molecule has 0 radical (unpaired) electrons. The van der Waals surface area contributed by atoms with Crippen molar-refractivity contribution >= 4 is 28.7 Å². The molecule has 4 N–H and O–H groups in total. The Bertz CT molecular complexity index is 1970. The summed E-state index contributed by atoms with van der Waals surface area (Å²) in [7, 11) is 0. The van der Waals surface area contributed by atoms with Crippen LogP contribution in [0.2, 0.25) is 0 Å². The molecule has 5 rings (SSSR count). The SMILES string of the molecule is [2H]c1c([2H])c([C@H]2[C@H](Nc3nc(SC([2H])([2H])C([2H])([2H])C)nc4c3nnn4[C@]3([2H])C([2H])([2H])[C@]([2H])(OC([2H])([2H])CO)[C@@]([2H])(O)[C@@]3([2H])O)C2([2H])[2H])c([2H])c(F)c1C. The van der Waals surface area contributed by atoms with Gasteiger partial charge in [-0.05, 0) is 36.8 Å². The number of ether oxygens (including phenoxy) is 1. The van der Waals surface area contributed by atoms with E-state index < -0.39 is 126 Å². The maximum Gasteiger partial charge on any atom is 0.191 e. The Labute approximate surface area is 236 Å². The minimum absolute atomic E-state index is 0.00981. The number of thioether (sulfide) groups is 1. The second-order valence-corrected chi connectivity index (χ2v) is 8.15. The van der Waals surface area contributed by atoms with Gasteiger partial charge in [0.2, 0.25) is 0 Å². The van der Waals surface area contributed by atoms with Crippen LogP contribution in [0.3, 0.4) is 0 Å². The molecular formula is C24H31FN6O4S. The zero-order chi connectivity index (χ0) is 40.7. The molecule has 2 aliphatic rings. The van der Waals surface area contributed by atoms with Gasteiger partial charge in [-0.25, -0.2) is 19.0 Å². The van der Waals surface area contributed by atoms with Gasteiger partial charge in [0.05, 0.1) is 37.6 Å². The van der Waals surface area contributed by atoms with Crippen molar-refractivity contribution in [3.05, 3.63) is 35.1 Å². The molecule has 2 fully saturated rings. The molecule has 2 saturated carbocycles. The Balaban J connectivity index is 1.74. The van der Waals surface area contributed by atoms with E-state index in [0.29, 0.717) is 0 Å². The van der Waals surface area contributed by atoms with Crippen molar-refractivity contribution in [1.29, 1.82) is 0 Å². The van der Waals surface area contributed by atoms with Crippen LogP contribution in [0.15, 0.2) is 23.3 Å². The number of aliphatic hydroxyl groups is 3. The fourth-order valence-corrected chi connectivity index (χ4v) is 3.70. The number of fused-ring (bicyclic) bond motifs is 1. The van der Waals surface area contributed by atoms with Crippen molar-refractivity contribution in [2.45, 2.75) is 74.3 Å². The number of hydrogen-bond acceptors (Lipinski definition) is 10. The van der Waals surface area contributed by atoms with E-state index in [1.807, 2.05) is 0 Å². The van der Waals surface area contributed by atoms with Crippen molar-refractivity contribution in [2.75, 3.05) is 24.2 Å². The first-order valence-corrected chi connectivity index (χ1v) is 11.1. The summed E-state index contributed by atoms with van der Waals surface area (Å²) in [6.45, 7) is -2.95. The van der Waals surface area contributed by atoms with E-state index in [1.165, 1.54) is 0 Å². The number of nitrogens with zero attached hydrogens (tertiary/aromatic N) is 5. The summed E-state index contributed by atoms with van der Waals surface area (Å²) in [6, 6.07) is -7.60. The summed E-state index contributed by atoms with van der Waals surface area (Å²) in [4.78, 5) is 8.06. The summed E-state index contributed by atoms with van der Waals surface area (Å²) in [5.74, 6) is -3.29. The van der Waals surface area contributed by atoms with E-state index in [0.717, 1.165) is 13.8 Å². The van der Waals surface area contributed by atoms with E-state index >= 15 is 0 Å². The largest absolute Gasteiger partial charge is 0.394 e. The molecule has 194 valence electrons. The Kier molecular flexibility index (Phi) is 3.51. The van der Waals surface area contributed by atoms with Crippen molar-refractivity contribution in [1.82, 2.24) is 25.0 Å². The van der Waals surface area contributed by atoms with Gasteiger partial charge in [0.15, 0.2) is 22.1 Å². The lowest BCUT2D eigenvalue weighted by Gasteiger charge is -2.17. The smallest absolute Gasteiger partial charge is 0.191 e. The average molecular weight is 536 g/mol. The second kappa shape index (κ2) is 10.5. The van der Waals surface area contributed by atoms with Gasteiger partial charge in [0.25, 0.3) is 0 Å². The molecule has 3 aromatic rings. The standard InChI is InChI=1S/C24H31FN6O4S/c1-3-8-36-24-27-22(26-16-10-14(16)13-5-4-12(2)15(25)9-13)19-23(28-24)31(30-29-19)17-11-18(35-7-6-32)21(34)20(17)33/h4-5,9,14,16-18,20-21,32-34H,3,6-8,10-11H2,1-2H3,(H,26,27,28)/t14-,16+,17+,18-,20-,21+/m0/s1/i3D2,4D,5D,7D2,8D2,9D,10D2,11D2,17D,18D,20D,21D. The van der Waals surface area contributed by atoms with Gasteiger partial charge in [-0.1, -0.05) is 36.0 Å². The first kappa shape index (κ1) is 12.0. The lowest BCUT2D eigenvalue weighted by atomic mass is 10.1. The van der Waals surface area contributed by atoms with Crippen molar-refractivity contribution in [2.24, 2.45) is 0 Å². The molecule has 12 heteroatoms. The fourth-order valence-electron chi connectivity index (χ4n) is 3.24. The zero-order valence-electron chi connectivity index (χ0n) is 35.6. The Morgan fingerprint density at radius 3 is 2.97 bits per heavy atom. The number of halogens is 1. The topological polar surface area (TPSA) is 138 Å². The minimum atomic E-state index is -4.27. The number of aromatic nitrogens is 5. The van der Waals surface area contributed by atoms with Gasteiger partial charge in [-0.2, -0.15) is 0 Å². The number of hydrogen-bond donors (Lipinski definition) is 4. The molecule has 6 atom stereocenters. The van der Waals surface area contributed by atoms with Crippen LogP contribution in [0.25, 0.3) is 11.2 Å². The first-order chi connectivity index (χ1) is 23.7. The maximum absolute atomic E-state index is 14.9. The number of rotatable bonds is 10. The summed E-state index contributed by atoms with van der Waals surface area (Å²) in [6.07, 6.45) is -21.7. The van der Waals surface area contributed by atoms with Gasteiger partial charge < -0.3 is 25.4 Å². The molecule has 2 heterocycles. The Morgan fingerprint density at radius 1 is 1.36 bits per heavy atom. The molecule has 0 bridgehead atoms. The van der Waals surface area contributed by atoms with Crippen LogP contribution < -0.4 is 5.32 Å². The molecule has 10 nitrogen and oxygen atoms in total. The van der Waals surface area contributed by atoms with Gasteiger partial charge in [-0.15, -0.1) is 5.10 Å². The van der Waals surface area contributed by atoms with Gasteiger partial charge in [-0.3, -0.25) is 0 Å². The highest BCUT2D eigenvalue weighted by atomic mass is 32.2. The first-order valence-electron chi connectivity index (χ1n) is 18.8. The number of benzene rings is 1. The van der Waals surface area contributed by atoms with Crippen molar-refractivity contribution in [3.63, 3.8) is 0 Å². The van der Waals surface area contributed by atoms with Gasteiger partial charge in [0.1, 0.15) is 18.0 Å². The zero-order valence-corrected chi connectivity index (χ0v) is 19.5. The molecule has 2 aromatic heterocycles. The van der Waals surface area contributed by atoms with E-state index in [-0.39, 0.29) is 22.0 Å². The average Bonchev–Trinajstić information content (AvgIpc) is 3.29. The highest BCUT2D eigenvalue weighted by Crippen LogP contribution is 2.44. The van der Waals surface area contributed by atoms with Crippen LogP contribution in [0.1, 0.15) is 72.4 Å². The number of anilines is 1. The second-order valence-electron chi connectivity index (χ2n) is 7.38. The van der Waals surface area contributed by atoms with Crippen LogP contribution in [0.5, 0.6) is 0 Å². The monoisotopic (exact) mass is 535 g/mol. The van der Waals surface area contributed by atoms with Crippen molar-refractivity contribution in [3.8, 4) is 0 Å². The van der Waals surface area contributed by atoms with Crippen LogP contribution in [0, 0.1) is 12.7 Å². The van der Waals surface area contributed by atoms with E-state index in [9.17, 15) is 19.7 Å². The number of aliphatic hydroxyl groups excluding tert-OH is 1. The predicted molar refractivity (Wildman–Crippen MR) is 133 cm³/mol. The minimum Gasteiger partial charge on any atom is -0.394 e. The molecular weight excluding hydrogens is 487 g/mol. The van der Waals surface area contributed by atoms with Crippen LogP contribution in [-0.2, 0) is 4.74 Å². The van der Waals surface area contributed by atoms with E-state index in [2.05, 4.69) is 30.3 Å². The third kappa shape index (κ3) is 4.92. The molecule has 0 saturated heterocycles. The molecule has 0 amide bonds. The van der Waals surface area contributed by atoms with E-state index in [4.69, 9.17) is 23.3 Å². The molecule has 0 spiro atoms. The van der Waals surface area contributed by atoms with Gasteiger partial charge >= 0.3 is 0 Å². The normalized spacial score (nSPS) is 46.7. The molecule has 36 heavy (non-hydrogen) atoms. The van der Waals surface area contributed by atoms with Crippen LogP contribution >= 0.6 is 11.8 Å². The van der Waals surface area contributed by atoms with Crippen molar-refractivity contribution < 1.29 is 47.7 Å². The highest BCUT2D eigenvalue weighted by molar-refractivity contribution is 7.99. The Hall–Kier alpha value is -2.38. The van der Waals surface area contributed by atoms with Gasteiger partial charge in [0, 0.05) is 35.0 Å². The lowest BCUT2D eigenvalue weighted by Crippen LogP contribution is -2.33. The maximum atomic E-state index is 14.9. The fraction of sp³-hybridized carbons (Fsp3) is 0.583. The van der Waals surface area contributed by atoms with Crippen LogP contribution in [-0.4, -0.2) is 83.4 Å². The molecule has 0 aliphatic heterocycles. The lowest BCUT2D eigenvalue weighted by molar-refractivity contribution is -0.0629. The molecule has 1 aromatic carbocycles. The third-order valence-corrected chi connectivity index (χ3v) is 5.69. The predicted octanol–water partition coefficient (Wildman–Crippen LogP) is 2.18. The van der Waals surface area contributed by atoms with E-state index in [1.54, 1.807) is 0 Å². The third-order valence-electron chi connectivity index (χ3n) is 5.02. The summed E-state index contributed by atoms with van der Waals surface area (Å²) in [5.41, 5.74) is -5.27. The summed E-state index contributed by atoms with van der Waals surface area (Å²) < 4.78 is 161. The van der Waals surface area contributed by atoms with Crippen LogP contribution in [0.4, 0.5) is 10.2 Å². The Morgan fingerprint density at radius 2 is 2.19 bits per heavy atom. The quantitative estimate of drug-likeness (QED) is 0.226. The summed E-state index contributed by atoms with van der Waals surface area (Å²) >= 11 is 0.00981. The molecule has 0 unspecified atom stereocenters.